The molecule has 0 bridgehead atoms. The van der Waals surface area contributed by atoms with Crippen LogP contribution in [0.25, 0.3) is 0 Å². The summed E-state index contributed by atoms with van der Waals surface area (Å²) in [5.41, 5.74) is 3.59. The zero-order chi connectivity index (χ0) is 17.5. The number of ether oxygens (including phenoxy) is 1. The van der Waals surface area contributed by atoms with Crippen molar-refractivity contribution in [3.05, 3.63) is 84.4 Å². The molecule has 1 amide bonds. The fourth-order valence-corrected chi connectivity index (χ4v) is 2.54. The molecule has 0 atom stereocenters. The molecule has 0 aliphatic carbocycles. The van der Waals surface area contributed by atoms with Crippen molar-refractivity contribution < 1.29 is 9.53 Å². The van der Waals surface area contributed by atoms with Crippen LogP contribution in [0.5, 0.6) is 5.75 Å². The van der Waals surface area contributed by atoms with Gasteiger partial charge >= 0.3 is 0 Å². The van der Waals surface area contributed by atoms with Crippen molar-refractivity contribution in [2.45, 2.75) is 6.42 Å². The van der Waals surface area contributed by atoms with Crippen molar-refractivity contribution in [2.24, 2.45) is 0 Å². The van der Waals surface area contributed by atoms with Crippen LogP contribution in [0.3, 0.4) is 0 Å². The second kappa shape index (κ2) is 8.02. The Kier molecular flexibility index (Phi) is 5.32. The summed E-state index contributed by atoms with van der Waals surface area (Å²) in [6.07, 6.45) is 0.299. The number of rotatable bonds is 6. The highest BCUT2D eigenvalue weighted by Gasteiger charge is 2.06. The minimum absolute atomic E-state index is 0.0647. The van der Waals surface area contributed by atoms with Gasteiger partial charge in [0.15, 0.2) is 0 Å². The number of hydrogen-bond acceptors (Lipinski definition) is 3. The molecule has 0 saturated carbocycles. The molecule has 0 aromatic heterocycles. The van der Waals surface area contributed by atoms with E-state index in [0.29, 0.717) is 6.42 Å². The molecule has 0 fully saturated rings. The Labute approximate surface area is 147 Å². The molecule has 0 radical (unpaired) electrons. The fourth-order valence-electron chi connectivity index (χ4n) is 2.54. The van der Waals surface area contributed by atoms with Crippen LogP contribution in [-0.4, -0.2) is 13.0 Å². The smallest absolute Gasteiger partial charge is 0.228 e. The van der Waals surface area contributed by atoms with Crippen molar-refractivity contribution in [1.82, 2.24) is 0 Å². The molecule has 126 valence electrons. The number of benzene rings is 3. The van der Waals surface area contributed by atoms with E-state index in [1.807, 2.05) is 78.9 Å². The predicted molar refractivity (Wildman–Crippen MR) is 101 cm³/mol. The van der Waals surface area contributed by atoms with E-state index in [1.54, 1.807) is 7.11 Å². The van der Waals surface area contributed by atoms with E-state index in [-0.39, 0.29) is 5.91 Å². The zero-order valence-corrected chi connectivity index (χ0v) is 14.0. The number of methoxy groups -OCH3 is 1. The van der Waals surface area contributed by atoms with Crippen molar-refractivity contribution in [3.8, 4) is 5.75 Å². The SMILES string of the molecule is COc1cccc(CC(=O)Nc2cccc(Nc3ccccc3)c2)c1. The Morgan fingerprint density at radius 2 is 1.56 bits per heavy atom. The molecule has 0 aliphatic rings. The van der Waals surface area contributed by atoms with Gasteiger partial charge in [0.1, 0.15) is 5.75 Å². The molecule has 3 rings (SSSR count). The van der Waals surface area contributed by atoms with Gasteiger partial charge in [-0.1, -0.05) is 36.4 Å². The molecule has 2 N–H and O–H groups in total. The first-order valence-corrected chi connectivity index (χ1v) is 8.08. The van der Waals surface area contributed by atoms with Crippen LogP contribution < -0.4 is 15.4 Å². The summed E-state index contributed by atoms with van der Waals surface area (Å²) >= 11 is 0. The van der Waals surface area contributed by atoms with E-state index in [1.165, 1.54) is 0 Å². The first-order valence-electron chi connectivity index (χ1n) is 8.08. The Hall–Kier alpha value is -3.27. The van der Waals surface area contributed by atoms with Crippen molar-refractivity contribution in [2.75, 3.05) is 17.7 Å². The maximum Gasteiger partial charge on any atom is 0.228 e. The minimum atomic E-state index is -0.0647. The second-order valence-corrected chi connectivity index (χ2v) is 5.65. The first-order chi connectivity index (χ1) is 12.2. The van der Waals surface area contributed by atoms with Crippen molar-refractivity contribution in [1.29, 1.82) is 0 Å². The third kappa shape index (κ3) is 4.85. The highest BCUT2D eigenvalue weighted by molar-refractivity contribution is 5.92. The number of para-hydroxylation sites is 1. The van der Waals surface area contributed by atoms with Gasteiger partial charge in [0.2, 0.25) is 5.91 Å². The van der Waals surface area contributed by atoms with Gasteiger partial charge in [-0.2, -0.15) is 0 Å². The lowest BCUT2D eigenvalue weighted by molar-refractivity contribution is -0.115. The lowest BCUT2D eigenvalue weighted by Gasteiger charge is -2.10. The molecular weight excluding hydrogens is 312 g/mol. The van der Waals surface area contributed by atoms with E-state index in [4.69, 9.17) is 4.74 Å². The fraction of sp³-hybridized carbons (Fsp3) is 0.0952. The van der Waals surface area contributed by atoms with Gasteiger partial charge in [-0.3, -0.25) is 4.79 Å². The van der Waals surface area contributed by atoms with Crippen LogP contribution in [0.4, 0.5) is 17.1 Å². The normalized spacial score (nSPS) is 10.1. The molecule has 4 heteroatoms. The average molecular weight is 332 g/mol. The highest BCUT2D eigenvalue weighted by Crippen LogP contribution is 2.20. The first kappa shape index (κ1) is 16.6. The van der Waals surface area contributed by atoms with Gasteiger partial charge in [-0.15, -0.1) is 0 Å². The van der Waals surface area contributed by atoms with Crippen LogP contribution in [0.1, 0.15) is 5.56 Å². The number of nitrogens with one attached hydrogen (secondary N) is 2. The quantitative estimate of drug-likeness (QED) is 0.692. The Balaban J connectivity index is 1.64. The van der Waals surface area contributed by atoms with Crippen LogP contribution in [0, 0.1) is 0 Å². The molecule has 0 aliphatic heterocycles. The molecule has 4 nitrogen and oxygen atoms in total. The number of anilines is 3. The van der Waals surface area contributed by atoms with Crippen LogP contribution >= 0.6 is 0 Å². The molecule has 25 heavy (non-hydrogen) atoms. The summed E-state index contributed by atoms with van der Waals surface area (Å²) in [7, 11) is 1.62. The standard InChI is InChI=1S/C21H20N2O2/c1-25-20-12-5-7-16(13-20)14-21(24)23-19-11-6-10-18(15-19)22-17-8-3-2-4-9-17/h2-13,15,22H,14H2,1H3,(H,23,24). The van der Waals surface area contributed by atoms with E-state index in [9.17, 15) is 4.79 Å². The highest BCUT2D eigenvalue weighted by atomic mass is 16.5. The lowest BCUT2D eigenvalue weighted by atomic mass is 10.1. The van der Waals surface area contributed by atoms with Gasteiger partial charge in [0, 0.05) is 17.1 Å². The minimum Gasteiger partial charge on any atom is -0.497 e. The Bertz CT molecular complexity index is 847. The number of amides is 1. The third-order valence-corrected chi connectivity index (χ3v) is 3.71. The maximum atomic E-state index is 12.3. The summed E-state index contributed by atoms with van der Waals surface area (Å²) in [5.74, 6) is 0.685. The second-order valence-electron chi connectivity index (χ2n) is 5.65. The van der Waals surface area contributed by atoms with Gasteiger partial charge < -0.3 is 15.4 Å². The largest absolute Gasteiger partial charge is 0.497 e. The van der Waals surface area contributed by atoms with Crippen LogP contribution in [0.15, 0.2) is 78.9 Å². The topological polar surface area (TPSA) is 50.4 Å². The van der Waals surface area contributed by atoms with Gasteiger partial charge in [-0.25, -0.2) is 0 Å². The third-order valence-electron chi connectivity index (χ3n) is 3.71. The van der Waals surface area contributed by atoms with Gasteiger partial charge in [0.25, 0.3) is 0 Å². The van der Waals surface area contributed by atoms with E-state index >= 15 is 0 Å². The van der Waals surface area contributed by atoms with Crippen LogP contribution in [-0.2, 0) is 11.2 Å². The summed E-state index contributed by atoms with van der Waals surface area (Å²) < 4.78 is 5.19. The molecule has 0 unspecified atom stereocenters. The molecular formula is C21H20N2O2. The van der Waals surface area contributed by atoms with E-state index < -0.39 is 0 Å². The molecule has 0 spiro atoms. The number of carbonyl (C=O) groups is 1. The lowest BCUT2D eigenvalue weighted by Crippen LogP contribution is -2.14. The average Bonchev–Trinajstić information content (AvgIpc) is 2.63. The molecule has 0 saturated heterocycles. The summed E-state index contributed by atoms with van der Waals surface area (Å²) in [6.45, 7) is 0. The molecule has 3 aromatic carbocycles. The van der Waals surface area contributed by atoms with Crippen molar-refractivity contribution >= 4 is 23.0 Å². The Morgan fingerprint density at radius 1 is 0.840 bits per heavy atom. The predicted octanol–water partition coefficient (Wildman–Crippen LogP) is 4.62. The van der Waals surface area contributed by atoms with Crippen molar-refractivity contribution in [3.63, 3.8) is 0 Å². The summed E-state index contributed by atoms with van der Waals surface area (Å²) in [6, 6.07) is 25.1. The Morgan fingerprint density at radius 3 is 2.36 bits per heavy atom. The van der Waals surface area contributed by atoms with Gasteiger partial charge in [0.05, 0.1) is 13.5 Å². The van der Waals surface area contributed by atoms with Crippen LogP contribution in [0.2, 0.25) is 0 Å². The summed E-state index contributed by atoms with van der Waals surface area (Å²) in [5, 5.41) is 6.25. The number of hydrogen-bond donors (Lipinski definition) is 2. The molecule has 0 heterocycles. The van der Waals surface area contributed by atoms with E-state index in [2.05, 4.69) is 10.6 Å². The van der Waals surface area contributed by atoms with E-state index in [0.717, 1.165) is 28.4 Å². The molecule has 3 aromatic rings. The van der Waals surface area contributed by atoms with Gasteiger partial charge in [-0.05, 0) is 48.0 Å². The number of carbonyl (C=O) groups excluding carboxylic acids is 1. The maximum absolute atomic E-state index is 12.3. The zero-order valence-electron chi connectivity index (χ0n) is 14.0. The summed E-state index contributed by atoms with van der Waals surface area (Å²) in [4.78, 5) is 12.3. The monoisotopic (exact) mass is 332 g/mol.